The third kappa shape index (κ3) is 5.36. The molecule has 0 bridgehead atoms. The highest BCUT2D eigenvalue weighted by Gasteiger charge is 2.27. The number of hydrogen-bond acceptors (Lipinski definition) is 4. The summed E-state index contributed by atoms with van der Waals surface area (Å²) in [5, 5.41) is 12.9. The lowest BCUT2D eigenvalue weighted by Gasteiger charge is -2.28. The Bertz CT molecular complexity index is 245. The molecule has 0 amide bonds. The van der Waals surface area contributed by atoms with Crippen LogP contribution in [0.3, 0.4) is 0 Å². The molecule has 3 unspecified atom stereocenters. The number of hydrogen-bond donors (Lipinski definition) is 2. The number of esters is 1. The van der Waals surface area contributed by atoms with Gasteiger partial charge in [0.25, 0.3) is 0 Å². The molecule has 0 saturated heterocycles. The summed E-state index contributed by atoms with van der Waals surface area (Å²) >= 11 is 0. The molecule has 0 aliphatic heterocycles. The summed E-state index contributed by atoms with van der Waals surface area (Å²) < 4.78 is 5.08. The molecule has 1 aliphatic rings. The van der Waals surface area contributed by atoms with E-state index in [1.165, 1.54) is 0 Å². The smallest absolute Gasteiger partial charge is 0.308 e. The number of aliphatic hydroxyl groups excluding tert-OH is 1. The summed E-state index contributed by atoms with van der Waals surface area (Å²) in [6.07, 6.45) is 5.42. The third-order valence-corrected chi connectivity index (χ3v) is 3.68. The van der Waals surface area contributed by atoms with Crippen LogP contribution in [0.5, 0.6) is 0 Å². The summed E-state index contributed by atoms with van der Waals surface area (Å²) in [6, 6.07) is 0.400. The summed E-state index contributed by atoms with van der Waals surface area (Å²) in [7, 11) is 0. The van der Waals surface area contributed by atoms with Gasteiger partial charge in [0.1, 0.15) is 0 Å². The van der Waals surface area contributed by atoms with Gasteiger partial charge >= 0.3 is 5.97 Å². The van der Waals surface area contributed by atoms with Gasteiger partial charge in [-0.25, -0.2) is 0 Å². The molecule has 1 aliphatic carbocycles. The maximum Gasteiger partial charge on any atom is 0.308 e. The van der Waals surface area contributed by atoms with Gasteiger partial charge in [0.2, 0.25) is 0 Å². The van der Waals surface area contributed by atoms with E-state index in [0.717, 1.165) is 45.1 Å². The number of carbonyl (C=O) groups is 1. The second-order valence-electron chi connectivity index (χ2n) is 5.12. The van der Waals surface area contributed by atoms with Crippen LogP contribution in [-0.4, -0.2) is 36.4 Å². The fraction of sp³-hybridized carbons (Fsp3) is 0.929. The highest BCUT2D eigenvalue weighted by atomic mass is 16.5. The number of aliphatic hydroxyl groups is 1. The first kappa shape index (κ1) is 15.4. The lowest BCUT2D eigenvalue weighted by Crippen LogP contribution is -2.38. The molecule has 1 fully saturated rings. The molecule has 106 valence electrons. The normalized spacial score (nSPS) is 25.7. The van der Waals surface area contributed by atoms with Gasteiger partial charge in [-0.3, -0.25) is 4.79 Å². The van der Waals surface area contributed by atoms with Crippen LogP contribution in [0.1, 0.15) is 52.4 Å². The molecule has 4 nitrogen and oxygen atoms in total. The van der Waals surface area contributed by atoms with Crippen molar-refractivity contribution in [3.05, 3.63) is 0 Å². The van der Waals surface area contributed by atoms with Crippen molar-refractivity contribution >= 4 is 5.97 Å². The molecule has 18 heavy (non-hydrogen) atoms. The van der Waals surface area contributed by atoms with Gasteiger partial charge in [0, 0.05) is 6.04 Å². The fourth-order valence-electron chi connectivity index (χ4n) is 2.51. The zero-order valence-electron chi connectivity index (χ0n) is 11.7. The quantitative estimate of drug-likeness (QED) is 0.683. The van der Waals surface area contributed by atoms with Crippen molar-refractivity contribution < 1.29 is 14.6 Å². The largest absolute Gasteiger partial charge is 0.466 e. The first-order valence-electron chi connectivity index (χ1n) is 7.25. The van der Waals surface area contributed by atoms with Crippen LogP contribution in [-0.2, 0) is 9.53 Å². The van der Waals surface area contributed by atoms with E-state index in [2.05, 4.69) is 5.32 Å². The second-order valence-corrected chi connectivity index (χ2v) is 5.12. The standard InChI is InChI=1S/C14H27NO3/c1-3-13(16)8-9-15-12-7-5-6-11(10-12)14(17)18-4-2/h11-13,15-16H,3-10H2,1-2H3. The van der Waals surface area contributed by atoms with E-state index < -0.39 is 0 Å². The number of carbonyl (C=O) groups excluding carboxylic acids is 1. The van der Waals surface area contributed by atoms with Crippen molar-refractivity contribution in [2.24, 2.45) is 5.92 Å². The lowest BCUT2D eigenvalue weighted by atomic mass is 9.85. The Morgan fingerprint density at radius 1 is 1.44 bits per heavy atom. The molecule has 0 aromatic heterocycles. The second kappa shape index (κ2) is 8.48. The molecule has 2 N–H and O–H groups in total. The van der Waals surface area contributed by atoms with Crippen LogP contribution in [0.25, 0.3) is 0 Å². The Morgan fingerprint density at radius 3 is 2.89 bits per heavy atom. The average Bonchev–Trinajstić information content (AvgIpc) is 2.39. The zero-order chi connectivity index (χ0) is 13.4. The minimum Gasteiger partial charge on any atom is -0.466 e. The van der Waals surface area contributed by atoms with E-state index in [1.807, 2.05) is 13.8 Å². The predicted molar refractivity (Wildman–Crippen MR) is 71.3 cm³/mol. The predicted octanol–water partition coefficient (Wildman–Crippen LogP) is 1.86. The highest BCUT2D eigenvalue weighted by molar-refractivity contribution is 5.72. The molecular formula is C14H27NO3. The van der Waals surface area contributed by atoms with E-state index >= 15 is 0 Å². The van der Waals surface area contributed by atoms with Crippen molar-refractivity contribution in [1.82, 2.24) is 5.32 Å². The van der Waals surface area contributed by atoms with Crippen molar-refractivity contribution in [3.8, 4) is 0 Å². The number of nitrogens with one attached hydrogen (secondary N) is 1. The highest BCUT2D eigenvalue weighted by Crippen LogP contribution is 2.25. The topological polar surface area (TPSA) is 58.6 Å². The Morgan fingerprint density at radius 2 is 2.22 bits per heavy atom. The van der Waals surface area contributed by atoms with E-state index in [4.69, 9.17) is 4.74 Å². The van der Waals surface area contributed by atoms with Crippen molar-refractivity contribution in [3.63, 3.8) is 0 Å². The maximum atomic E-state index is 11.7. The van der Waals surface area contributed by atoms with E-state index in [9.17, 15) is 9.90 Å². The van der Waals surface area contributed by atoms with Crippen LogP contribution in [0.2, 0.25) is 0 Å². The minimum atomic E-state index is -0.207. The monoisotopic (exact) mass is 257 g/mol. The van der Waals surface area contributed by atoms with Gasteiger partial charge < -0.3 is 15.2 Å². The van der Waals surface area contributed by atoms with Gasteiger partial charge in [-0.05, 0) is 45.6 Å². The molecule has 0 heterocycles. The van der Waals surface area contributed by atoms with Gasteiger partial charge in [-0.2, -0.15) is 0 Å². The molecule has 0 spiro atoms. The van der Waals surface area contributed by atoms with E-state index in [1.54, 1.807) is 0 Å². The summed E-state index contributed by atoms with van der Waals surface area (Å²) in [5.41, 5.74) is 0. The Balaban J connectivity index is 2.24. The van der Waals surface area contributed by atoms with Crippen molar-refractivity contribution in [1.29, 1.82) is 0 Å². The van der Waals surface area contributed by atoms with Crippen molar-refractivity contribution in [2.45, 2.75) is 64.5 Å². The zero-order valence-corrected chi connectivity index (χ0v) is 11.7. The Hall–Kier alpha value is -0.610. The molecule has 3 atom stereocenters. The molecule has 4 heteroatoms. The lowest BCUT2D eigenvalue weighted by molar-refractivity contribution is -0.149. The SMILES string of the molecule is CCOC(=O)C1CCCC(NCCC(O)CC)C1. The van der Waals surface area contributed by atoms with E-state index in [0.29, 0.717) is 12.6 Å². The Labute approximate surface area is 110 Å². The average molecular weight is 257 g/mol. The molecule has 0 aromatic carbocycles. The maximum absolute atomic E-state index is 11.7. The first-order chi connectivity index (χ1) is 8.67. The van der Waals surface area contributed by atoms with Crippen LogP contribution < -0.4 is 5.32 Å². The van der Waals surface area contributed by atoms with Crippen LogP contribution in [0.4, 0.5) is 0 Å². The summed E-state index contributed by atoms with van der Waals surface area (Å²) in [4.78, 5) is 11.7. The molecular weight excluding hydrogens is 230 g/mol. The first-order valence-corrected chi connectivity index (χ1v) is 7.25. The van der Waals surface area contributed by atoms with Gasteiger partial charge in [-0.15, -0.1) is 0 Å². The Kier molecular flexibility index (Phi) is 7.28. The van der Waals surface area contributed by atoms with Crippen LogP contribution in [0.15, 0.2) is 0 Å². The minimum absolute atomic E-state index is 0.0439. The van der Waals surface area contributed by atoms with Crippen LogP contribution >= 0.6 is 0 Å². The third-order valence-electron chi connectivity index (χ3n) is 3.68. The molecule has 0 aromatic rings. The fourth-order valence-corrected chi connectivity index (χ4v) is 2.51. The number of rotatable bonds is 7. The summed E-state index contributed by atoms with van der Waals surface area (Å²) in [6.45, 7) is 5.13. The number of ether oxygens (including phenoxy) is 1. The van der Waals surface area contributed by atoms with Crippen LogP contribution in [0, 0.1) is 5.92 Å². The van der Waals surface area contributed by atoms with Crippen molar-refractivity contribution in [2.75, 3.05) is 13.2 Å². The van der Waals surface area contributed by atoms with Gasteiger partial charge in [0.05, 0.1) is 18.6 Å². The molecule has 1 rings (SSSR count). The van der Waals surface area contributed by atoms with Gasteiger partial charge in [-0.1, -0.05) is 13.3 Å². The summed E-state index contributed by atoms with van der Waals surface area (Å²) in [5.74, 6) is 0.0184. The molecule has 1 saturated carbocycles. The molecule has 0 radical (unpaired) electrons. The van der Waals surface area contributed by atoms with E-state index in [-0.39, 0.29) is 18.0 Å². The van der Waals surface area contributed by atoms with Gasteiger partial charge in [0.15, 0.2) is 0 Å².